The molecule has 0 unspecified atom stereocenters. The molecule has 2 aliphatic carbocycles. The van der Waals surface area contributed by atoms with Gasteiger partial charge in [0.2, 0.25) is 0 Å². The second-order valence-electron chi connectivity index (χ2n) is 6.30. The highest BCUT2D eigenvalue weighted by atomic mass is 16.5. The first-order chi connectivity index (χ1) is 11.2. The Morgan fingerprint density at radius 1 is 1.17 bits per heavy atom. The number of hydrogen-bond acceptors (Lipinski definition) is 3. The number of carbonyl (C=O) groups is 2. The second-order valence-corrected chi connectivity index (χ2v) is 6.30. The fourth-order valence-corrected chi connectivity index (χ4v) is 3.40. The lowest BCUT2D eigenvalue weighted by molar-refractivity contribution is -0.153. The van der Waals surface area contributed by atoms with Gasteiger partial charge in [-0.3, -0.25) is 9.59 Å². The monoisotopic (exact) mass is 313 g/mol. The highest BCUT2D eigenvalue weighted by Crippen LogP contribution is 2.29. The van der Waals surface area contributed by atoms with Gasteiger partial charge in [-0.05, 0) is 49.7 Å². The van der Waals surface area contributed by atoms with Crippen molar-refractivity contribution in [1.29, 1.82) is 0 Å². The van der Waals surface area contributed by atoms with E-state index < -0.39 is 0 Å². The van der Waals surface area contributed by atoms with Crippen molar-refractivity contribution in [2.24, 2.45) is 5.92 Å². The SMILES string of the molecule is O=C(COC(=O)[C@H]1CC=CCC1)N[C@H]1CCCc2ccccc21. The average molecular weight is 313 g/mol. The molecular weight excluding hydrogens is 290 g/mol. The van der Waals surface area contributed by atoms with Crippen molar-refractivity contribution in [2.75, 3.05) is 6.61 Å². The topological polar surface area (TPSA) is 55.4 Å². The number of allylic oxidation sites excluding steroid dienone is 2. The number of benzene rings is 1. The Hall–Kier alpha value is -2.10. The Labute approximate surface area is 136 Å². The molecule has 23 heavy (non-hydrogen) atoms. The van der Waals surface area contributed by atoms with Gasteiger partial charge >= 0.3 is 5.97 Å². The third-order valence-corrected chi connectivity index (χ3v) is 4.65. The maximum atomic E-state index is 12.1. The number of carbonyl (C=O) groups excluding carboxylic acids is 2. The molecule has 0 saturated carbocycles. The van der Waals surface area contributed by atoms with Crippen LogP contribution in [0.3, 0.4) is 0 Å². The molecule has 0 heterocycles. The molecule has 1 amide bonds. The van der Waals surface area contributed by atoms with Crippen molar-refractivity contribution in [3.63, 3.8) is 0 Å². The number of esters is 1. The maximum Gasteiger partial charge on any atom is 0.309 e. The summed E-state index contributed by atoms with van der Waals surface area (Å²) in [5.74, 6) is -0.567. The minimum Gasteiger partial charge on any atom is -0.455 e. The van der Waals surface area contributed by atoms with Gasteiger partial charge < -0.3 is 10.1 Å². The largest absolute Gasteiger partial charge is 0.455 e. The summed E-state index contributed by atoms with van der Waals surface area (Å²) in [6, 6.07) is 8.25. The van der Waals surface area contributed by atoms with E-state index in [9.17, 15) is 9.59 Å². The van der Waals surface area contributed by atoms with Crippen molar-refractivity contribution in [3.8, 4) is 0 Å². The zero-order chi connectivity index (χ0) is 16.1. The molecule has 0 aliphatic heterocycles. The fraction of sp³-hybridized carbons (Fsp3) is 0.474. The quantitative estimate of drug-likeness (QED) is 0.686. The number of hydrogen-bond donors (Lipinski definition) is 1. The molecule has 3 rings (SSSR count). The first-order valence-corrected chi connectivity index (χ1v) is 8.43. The number of amides is 1. The van der Waals surface area contributed by atoms with E-state index >= 15 is 0 Å². The number of fused-ring (bicyclic) bond motifs is 1. The molecule has 0 fully saturated rings. The predicted octanol–water partition coefficient (Wildman–Crippen LogP) is 3.08. The van der Waals surface area contributed by atoms with Crippen LogP contribution in [0.2, 0.25) is 0 Å². The highest BCUT2D eigenvalue weighted by molar-refractivity contribution is 5.81. The summed E-state index contributed by atoms with van der Waals surface area (Å²) in [7, 11) is 0. The molecule has 122 valence electrons. The van der Waals surface area contributed by atoms with Gasteiger partial charge in [0.05, 0.1) is 12.0 Å². The second kappa shape index (κ2) is 7.44. The standard InChI is InChI=1S/C19H23NO3/c21-18(13-23-19(22)15-8-2-1-3-9-15)20-17-12-6-10-14-7-4-5-11-16(14)17/h1-2,4-5,7,11,15,17H,3,6,8-10,12-13H2,(H,20,21)/t15-,17-/m0/s1. The van der Waals surface area contributed by atoms with Crippen LogP contribution in [0.25, 0.3) is 0 Å². The Balaban J connectivity index is 1.50. The highest BCUT2D eigenvalue weighted by Gasteiger charge is 2.24. The third-order valence-electron chi connectivity index (χ3n) is 4.65. The van der Waals surface area contributed by atoms with Crippen molar-refractivity contribution in [2.45, 2.75) is 44.6 Å². The number of ether oxygens (including phenoxy) is 1. The smallest absolute Gasteiger partial charge is 0.309 e. The van der Waals surface area contributed by atoms with Crippen molar-refractivity contribution in [3.05, 3.63) is 47.5 Å². The van der Waals surface area contributed by atoms with Crippen molar-refractivity contribution < 1.29 is 14.3 Å². The molecule has 0 spiro atoms. The van der Waals surface area contributed by atoms with E-state index in [0.29, 0.717) is 0 Å². The molecule has 1 N–H and O–H groups in total. The molecule has 2 atom stereocenters. The lowest BCUT2D eigenvalue weighted by atomic mass is 9.88. The van der Waals surface area contributed by atoms with Crippen molar-refractivity contribution >= 4 is 11.9 Å². The predicted molar refractivity (Wildman–Crippen MR) is 87.7 cm³/mol. The van der Waals surface area contributed by atoms with Crippen LogP contribution in [0, 0.1) is 5.92 Å². The van der Waals surface area contributed by atoms with Gasteiger partial charge in [0.1, 0.15) is 0 Å². The summed E-state index contributed by atoms with van der Waals surface area (Å²) in [5.41, 5.74) is 2.49. The number of aryl methyl sites for hydroxylation is 1. The van der Waals surface area contributed by atoms with Crippen LogP contribution in [-0.4, -0.2) is 18.5 Å². The van der Waals surface area contributed by atoms with E-state index in [0.717, 1.165) is 38.5 Å². The van der Waals surface area contributed by atoms with E-state index in [2.05, 4.69) is 23.5 Å². The van der Waals surface area contributed by atoms with Gasteiger partial charge in [-0.2, -0.15) is 0 Å². The maximum absolute atomic E-state index is 12.1. The first-order valence-electron chi connectivity index (χ1n) is 8.43. The molecule has 4 heteroatoms. The first kappa shape index (κ1) is 15.8. The van der Waals surface area contributed by atoms with E-state index in [1.165, 1.54) is 11.1 Å². The molecular formula is C19H23NO3. The van der Waals surface area contributed by atoms with E-state index in [1.807, 2.05) is 18.2 Å². The number of rotatable bonds is 4. The molecule has 1 aromatic rings. The van der Waals surface area contributed by atoms with E-state index in [4.69, 9.17) is 4.74 Å². The summed E-state index contributed by atoms with van der Waals surface area (Å²) in [4.78, 5) is 24.1. The molecule has 0 radical (unpaired) electrons. The Morgan fingerprint density at radius 2 is 2.04 bits per heavy atom. The summed E-state index contributed by atoms with van der Waals surface area (Å²) in [6.07, 6.45) is 9.59. The lowest BCUT2D eigenvalue weighted by Gasteiger charge is -2.26. The summed E-state index contributed by atoms with van der Waals surface area (Å²) in [6.45, 7) is -0.183. The molecule has 0 bridgehead atoms. The van der Waals surface area contributed by atoms with Gasteiger partial charge in [-0.15, -0.1) is 0 Å². The van der Waals surface area contributed by atoms with Crippen LogP contribution >= 0.6 is 0 Å². The van der Waals surface area contributed by atoms with E-state index in [1.54, 1.807) is 0 Å². The molecule has 1 aromatic carbocycles. The van der Waals surface area contributed by atoms with Gasteiger partial charge in [0.25, 0.3) is 5.91 Å². The Kier molecular flexibility index (Phi) is 5.11. The summed E-state index contributed by atoms with van der Waals surface area (Å²) in [5, 5.41) is 3.00. The van der Waals surface area contributed by atoms with Gasteiger partial charge in [0.15, 0.2) is 6.61 Å². The van der Waals surface area contributed by atoms with Gasteiger partial charge in [-0.25, -0.2) is 0 Å². The summed E-state index contributed by atoms with van der Waals surface area (Å²) < 4.78 is 5.19. The fourth-order valence-electron chi connectivity index (χ4n) is 3.40. The lowest BCUT2D eigenvalue weighted by Crippen LogP contribution is -2.35. The van der Waals surface area contributed by atoms with Gasteiger partial charge in [0, 0.05) is 0 Å². The number of nitrogens with one attached hydrogen (secondary N) is 1. The average Bonchev–Trinajstić information content (AvgIpc) is 2.61. The zero-order valence-corrected chi connectivity index (χ0v) is 13.3. The van der Waals surface area contributed by atoms with Gasteiger partial charge in [-0.1, -0.05) is 36.4 Å². The van der Waals surface area contributed by atoms with Crippen molar-refractivity contribution in [1.82, 2.24) is 5.32 Å². The van der Waals surface area contributed by atoms with Crippen LogP contribution in [0.15, 0.2) is 36.4 Å². The van der Waals surface area contributed by atoms with Crippen LogP contribution < -0.4 is 5.32 Å². The Bertz CT molecular complexity index is 608. The zero-order valence-electron chi connectivity index (χ0n) is 13.3. The minimum atomic E-state index is -0.256. The Morgan fingerprint density at radius 3 is 2.87 bits per heavy atom. The minimum absolute atomic E-state index is 0.0313. The van der Waals surface area contributed by atoms with Crippen LogP contribution in [0.4, 0.5) is 0 Å². The van der Waals surface area contributed by atoms with E-state index in [-0.39, 0.29) is 30.4 Å². The normalized spacial score (nSPS) is 23.0. The summed E-state index contributed by atoms with van der Waals surface area (Å²) >= 11 is 0. The molecule has 0 saturated heterocycles. The molecule has 2 aliphatic rings. The molecule has 0 aromatic heterocycles. The van der Waals surface area contributed by atoms with Crippen LogP contribution in [0.1, 0.15) is 49.3 Å². The molecule has 4 nitrogen and oxygen atoms in total. The third kappa shape index (κ3) is 4.01. The van der Waals surface area contributed by atoms with Crippen LogP contribution in [-0.2, 0) is 20.7 Å². The van der Waals surface area contributed by atoms with Crippen LogP contribution in [0.5, 0.6) is 0 Å².